The molecule has 0 saturated heterocycles. The molecule has 4 atom stereocenters. The number of rotatable bonds is 22. The Kier molecular flexibility index (Phi) is 24.8. The van der Waals surface area contributed by atoms with E-state index in [1.54, 1.807) is 22.6 Å². The lowest BCUT2D eigenvalue weighted by Crippen LogP contribution is -2.45. The smallest absolute Gasteiger partial charge is 0.253 e. The predicted molar refractivity (Wildman–Crippen MR) is 267 cm³/mol. The Hall–Kier alpha value is -0.230. The van der Waals surface area contributed by atoms with Crippen LogP contribution in [0, 0.1) is 21.4 Å². The van der Waals surface area contributed by atoms with Gasteiger partial charge in [0.2, 0.25) is 11.8 Å². The van der Waals surface area contributed by atoms with E-state index in [0.29, 0.717) is 12.7 Å². The van der Waals surface area contributed by atoms with E-state index < -0.39 is 93.2 Å². The SMILES string of the molecule is CC(=O)N(CC(O)CN(C(C)=O)c1c(I)c(C(=O)NCC(O)CO)c(I)c(C(=O)NCC(O)CO)c1I)c1c(I)c(CNCC(O)O)c(I)c(C(=O)NCC(O)CO)c1I. The van der Waals surface area contributed by atoms with E-state index in [9.17, 15) is 69.9 Å². The topological polar surface area (TPSA) is 322 Å². The van der Waals surface area contributed by atoms with Crippen LogP contribution in [-0.2, 0) is 16.1 Å². The maximum Gasteiger partial charge on any atom is 0.253 e. The van der Waals surface area contributed by atoms with Crippen molar-refractivity contribution in [1.82, 2.24) is 21.3 Å². The van der Waals surface area contributed by atoms with Crippen LogP contribution >= 0.6 is 136 Å². The van der Waals surface area contributed by atoms with Crippen LogP contribution < -0.4 is 31.1 Å². The molecule has 60 heavy (non-hydrogen) atoms. The van der Waals surface area contributed by atoms with Gasteiger partial charge in [-0.2, -0.15) is 0 Å². The number of aliphatic hydroxyl groups is 9. The third kappa shape index (κ3) is 15.2. The van der Waals surface area contributed by atoms with Crippen LogP contribution in [0.4, 0.5) is 11.4 Å². The van der Waals surface area contributed by atoms with Crippen molar-refractivity contribution in [1.29, 1.82) is 0 Å². The Morgan fingerprint density at radius 3 is 1.15 bits per heavy atom. The standard InChI is InChI=1S/C34H44I6N6O14/c1-13(50)45(30-25(36)19(6-41-7-20(56)57)24(35)21(27(30)38)32(58)42-3-15(52)10-47)8-18(55)9-46(14(2)51)31-28(39)22(33(59)43-4-16(53)11-48)26(37)23(29(31)40)34(60)44-5-17(54)12-49/h15-18,20,41,47-49,52-57H,3-12H2,1-2H3,(H,42,58)(H,43,59)(H,44,60). The zero-order chi connectivity index (χ0) is 45.8. The number of halogens is 6. The highest BCUT2D eigenvalue weighted by atomic mass is 127. The first-order valence-electron chi connectivity index (χ1n) is 17.5. The lowest BCUT2D eigenvalue weighted by atomic mass is 10.1. The highest BCUT2D eigenvalue weighted by molar-refractivity contribution is 14.1. The van der Waals surface area contributed by atoms with Gasteiger partial charge in [-0.25, -0.2) is 0 Å². The summed E-state index contributed by atoms with van der Waals surface area (Å²) >= 11 is 11.2. The molecule has 0 aliphatic heterocycles. The number of aliphatic hydroxyl groups excluding tert-OH is 8. The van der Waals surface area contributed by atoms with E-state index >= 15 is 0 Å². The number of anilines is 2. The minimum absolute atomic E-state index is 0.00251. The molecule has 0 radical (unpaired) electrons. The van der Waals surface area contributed by atoms with E-state index in [2.05, 4.69) is 21.3 Å². The van der Waals surface area contributed by atoms with Gasteiger partial charge in [0, 0.05) is 57.3 Å². The second kappa shape index (κ2) is 26.7. The molecule has 13 N–H and O–H groups in total. The van der Waals surface area contributed by atoms with E-state index in [4.69, 9.17) is 0 Å². The summed E-state index contributed by atoms with van der Waals surface area (Å²) in [6.07, 6.45) is -7.12. The predicted octanol–water partition coefficient (Wildman–Crippen LogP) is -1.27. The zero-order valence-corrected chi connectivity index (χ0v) is 44.6. The molecular formula is C34H44I6N6O14. The summed E-state index contributed by atoms with van der Waals surface area (Å²) in [6.45, 7) is -1.79. The van der Waals surface area contributed by atoms with Crippen LogP contribution in [0.1, 0.15) is 50.5 Å². The summed E-state index contributed by atoms with van der Waals surface area (Å²) in [7, 11) is 0. The van der Waals surface area contributed by atoms with Crippen molar-refractivity contribution in [3.63, 3.8) is 0 Å². The van der Waals surface area contributed by atoms with Crippen molar-refractivity contribution in [2.24, 2.45) is 0 Å². The highest BCUT2D eigenvalue weighted by Gasteiger charge is 2.34. The average molecular weight is 1520 g/mol. The van der Waals surface area contributed by atoms with Crippen molar-refractivity contribution < 1.29 is 69.9 Å². The van der Waals surface area contributed by atoms with Crippen LogP contribution in [0.2, 0.25) is 0 Å². The second-order valence-corrected chi connectivity index (χ2v) is 19.3. The molecule has 0 aliphatic carbocycles. The summed E-state index contributed by atoms with van der Waals surface area (Å²) in [6, 6.07) is 0. The van der Waals surface area contributed by atoms with Crippen molar-refractivity contribution in [3.05, 3.63) is 43.7 Å². The first kappa shape index (κ1) is 55.9. The number of carbonyl (C=O) groups excluding carboxylic acids is 5. The van der Waals surface area contributed by atoms with Gasteiger partial charge in [0.15, 0.2) is 6.29 Å². The number of amides is 5. The fraction of sp³-hybridized carbons (Fsp3) is 0.500. The Balaban J connectivity index is 2.80. The highest BCUT2D eigenvalue weighted by Crippen LogP contribution is 2.40. The molecule has 336 valence electrons. The number of nitrogens with one attached hydrogen (secondary N) is 4. The van der Waals surface area contributed by atoms with Crippen LogP contribution in [0.15, 0.2) is 0 Å². The quantitative estimate of drug-likeness (QED) is 0.0483. The number of nitrogens with zero attached hydrogens (tertiary/aromatic N) is 2. The van der Waals surface area contributed by atoms with E-state index in [-0.39, 0.29) is 75.1 Å². The number of carbonyl (C=O) groups is 5. The minimum atomic E-state index is -1.70. The molecule has 0 fully saturated rings. The Morgan fingerprint density at radius 2 is 0.833 bits per heavy atom. The second-order valence-electron chi connectivity index (χ2n) is 12.8. The van der Waals surface area contributed by atoms with Gasteiger partial charge in [0.25, 0.3) is 17.7 Å². The summed E-state index contributed by atoms with van der Waals surface area (Å²) < 4.78 is 1.57. The van der Waals surface area contributed by atoms with Crippen molar-refractivity contribution in [2.75, 3.05) is 68.9 Å². The van der Waals surface area contributed by atoms with Gasteiger partial charge in [0.1, 0.15) is 0 Å². The largest absolute Gasteiger partial charge is 0.394 e. The molecule has 4 unspecified atom stereocenters. The third-order valence-corrected chi connectivity index (χ3v) is 14.8. The van der Waals surface area contributed by atoms with Crippen LogP contribution in [-0.4, -0.2) is 165 Å². The van der Waals surface area contributed by atoms with Gasteiger partial charge in [-0.15, -0.1) is 0 Å². The summed E-state index contributed by atoms with van der Waals surface area (Å²) in [4.78, 5) is 70.1. The summed E-state index contributed by atoms with van der Waals surface area (Å²) in [5.74, 6) is -3.45. The van der Waals surface area contributed by atoms with Crippen molar-refractivity contribution in [2.45, 2.75) is 51.1 Å². The number of hydrogen-bond acceptors (Lipinski definition) is 15. The first-order chi connectivity index (χ1) is 28.0. The molecule has 0 heterocycles. The molecule has 2 aromatic rings. The number of benzene rings is 2. The fourth-order valence-electron chi connectivity index (χ4n) is 5.23. The molecule has 0 bridgehead atoms. The molecular weight excluding hydrogens is 1480 g/mol. The third-order valence-electron chi connectivity index (χ3n) is 8.20. The van der Waals surface area contributed by atoms with Crippen molar-refractivity contribution >= 4 is 176 Å². The van der Waals surface area contributed by atoms with E-state index in [0.717, 1.165) is 4.90 Å². The summed E-state index contributed by atoms with van der Waals surface area (Å²) in [5, 5.41) is 98.6. The van der Waals surface area contributed by atoms with E-state index in [1.165, 1.54) is 18.7 Å². The molecule has 0 aromatic heterocycles. The Bertz CT molecular complexity index is 1840. The van der Waals surface area contributed by atoms with Gasteiger partial charge in [0.05, 0.1) is 96.1 Å². The average Bonchev–Trinajstić information content (AvgIpc) is 3.17. The van der Waals surface area contributed by atoms with Gasteiger partial charge in [-0.1, -0.05) is 0 Å². The first-order valence-corrected chi connectivity index (χ1v) is 23.9. The van der Waals surface area contributed by atoms with E-state index in [1.807, 2.05) is 113 Å². The molecule has 5 amide bonds. The summed E-state index contributed by atoms with van der Waals surface area (Å²) in [5.41, 5.74) is 0.598. The van der Waals surface area contributed by atoms with Gasteiger partial charge < -0.3 is 77.0 Å². The molecule has 2 aromatic carbocycles. The molecule has 0 spiro atoms. The van der Waals surface area contributed by atoms with Crippen LogP contribution in [0.5, 0.6) is 0 Å². The maximum absolute atomic E-state index is 13.6. The maximum atomic E-state index is 13.6. The lowest BCUT2D eigenvalue weighted by molar-refractivity contribution is -0.117. The van der Waals surface area contributed by atoms with Crippen LogP contribution in [0.3, 0.4) is 0 Å². The van der Waals surface area contributed by atoms with Crippen LogP contribution in [0.25, 0.3) is 0 Å². The normalized spacial score (nSPS) is 13.4. The minimum Gasteiger partial charge on any atom is -0.394 e. The van der Waals surface area contributed by atoms with Gasteiger partial charge in [-0.3, -0.25) is 24.0 Å². The Morgan fingerprint density at radius 1 is 0.500 bits per heavy atom. The molecule has 26 heteroatoms. The zero-order valence-electron chi connectivity index (χ0n) is 31.7. The number of hydrogen-bond donors (Lipinski definition) is 13. The Labute approximate surface area is 426 Å². The molecule has 2 rings (SSSR count). The lowest BCUT2D eigenvalue weighted by Gasteiger charge is -2.32. The van der Waals surface area contributed by atoms with Gasteiger partial charge >= 0.3 is 0 Å². The van der Waals surface area contributed by atoms with Crippen molar-refractivity contribution in [3.8, 4) is 0 Å². The molecule has 0 saturated carbocycles. The molecule has 20 nitrogen and oxygen atoms in total. The monoisotopic (exact) mass is 1520 g/mol. The van der Waals surface area contributed by atoms with Gasteiger partial charge in [-0.05, 0) is 141 Å². The molecule has 0 aliphatic rings. The fourth-order valence-corrected chi connectivity index (χ4v) is 14.6.